The summed E-state index contributed by atoms with van der Waals surface area (Å²) in [6.07, 6.45) is 0.612. The normalized spacial score (nSPS) is 24.3. The van der Waals surface area contributed by atoms with E-state index in [-0.39, 0.29) is 11.9 Å². The topological polar surface area (TPSA) is 35.5 Å². The van der Waals surface area contributed by atoms with E-state index in [1.54, 1.807) is 6.07 Å². The van der Waals surface area contributed by atoms with E-state index in [0.717, 1.165) is 18.7 Å². The van der Waals surface area contributed by atoms with Gasteiger partial charge in [0.15, 0.2) is 0 Å². The second-order valence-electron chi connectivity index (χ2n) is 5.05. The first-order valence-electron chi connectivity index (χ1n) is 6.48. The highest BCUT2D eigenvalue weighted by Gasteiger charge is 2.26. The Bertz CT molecular complexity index is 411. The van der Waals surface area contributed by atoms with E-state index in [9.17, 15) is 9.50 Å². The third-order valence-electron chi connectivity index (χ3n) is 3.71. The lowest BCUT2D eigenvalue weighted by atomic mass is 9.95. The molecule has 4 heteroatoms. The van der Waals surface area contributed by atoms with Crippen LogP contribution in [0, 0.1) is 11.7 Å². The van der Waals surface area contributed by atoms with Crippen LogP contribution in [0.5, 0.6) is 0 Å². The van der Waals surface area contributed by atoms with E-state index < -0.39 is 0 Å². The molecule has 0 bridgehead atoms. The smallest absolute Gasteiger partial charge is 0.129 e. The van der Waals surface area contributed by atoms with Crippen LogP contribution in [0.25, 0.3) is 0 Å². The van der Waals surface area contributed by atoms with Crippen LogP contribution < -0.4 is 10.2 Å². The highest BCUT2D eigenvalue weighted by atomic mass is 19.1. The number of nitrogens with one attached hydrogen (secondary N) is 1. The van der Waals surface area contributed by atoms with Gasteiger partial charge < -0.3 is 15.3 Å². The Kier molecular flexibility index (Phi) is 4.19. The lowest BCUT2D eigenvalue weighted by molar-refractivity contribution is 0.103. The van der Waals surface area contributed by atoms with Crippen molar-refractivity contribution in [3.63, 3.8) is 0 Å². The summed E-state index contributed by atoms with van der Waals surface area (Å²) >= 11 is 0. The first-order chi connectivity index (χ1) is 8.63. The number of rotatable bonds is 3. The molecule has 18 heavy (non-hydrogen) atoms. The molecule has 2 N–H and O–H groups in total. The van der Waals surface area contributed by atoms with Crippen LogP contribution in [0.2, 0.25) is 0 Å². The SMILES string of the molecule is CNCc1c(F)cccc1N1CCC(C)C(O)C1. The highest BCUT2D eigenvalue weighted by Crippen LogP contribution is 2.28. The fourth-order valence-corrected chi connectivity index (χ4v) is 2.46. The first kappa shape index (κ1) is 13.3. The summed E-state index contributed by atoms with van der Waals surface area (Å²) < 4.78 is 13.8. The molecule has 1 aliphatic rings. The lowest BCUT2D eigenvalue weighted by Crippen LogP contribution is -2.43. The maximum absolute atomic E-state index is 13.8. The van der Waals surface area contributed by atoms with Crippen molar-refractivity contribution in [2.24, 2.45) is 5.92 Å². The van der Waals surface area contributed by atoms with Gasteiger partial charge in [0.1, 0.15) is 5.82 Å². The molecule has 0 radical (unpaired) electrons. The van der Waals surface area contributed by atoms with Crippen LogP contribution in [0.15, 0.2) is 18.2 Å². The van der Waals surface area contributed by atoms with Crippen LogP contribution in [0.3, 0.4) is 0 Å². The minimum Gasteiger partial charge on any atom is -0.391 e. The summed E-state index contributed by atoms with van der Waals surface area (Å²) in [4.78, 5) is 2.08. The molecule has 0 amide bonds. The maximum atomic E-state index is 13.8. The van der Waals surface area contributed by atoms with Gasteiger partial charge in [-0.2, -0.15) is 0 Å². The minimum atomic E-state index is -0.329. The van der Waals surface area contributed by atoms with E-state index >= 15 is 0 Å². The molecule has 0 aromatic heterocycles. The van der Waals surface area contributed by atoms with Gasteiger partial charge in [-0.3, -0.25) is 0 Å². The highest BCUT2D eigenvalue weighted by molar-refractivity contribution is 5.54. The molecular weight excluding hydrogens is 231 g/mol. The van der Waals surface area contributed by atoms with Gasteiger partial charge in [0, 0.05) is 30.9 Å². The van der Waals surface area contributed by atoms with Crippen LogP contribution in [-0.2, 0) is 6.54 Å². The van der Waals surface area contributed by atoms with Gasteiger partial charge in [0.25, 0.3) is 0 Å². The van der Waals surface area contributed by atoms with Crippen LogP contribution in [0.4, 0.5) is 10.1 Å². The molecule has 3 nitrogen and oxygen atoms in total. The average Bonchev–Trinajstić information content (AvgIpc) is 2.35. The van der Waals surface area contributed by atoms with Gasteiger partial charge in [0.05, 0.1) is 6.10 Å². The zero-order chi connectivity index (χ0) is 13.1. The predicted octanol–water partition coefficient (Wildman–Crippen LogP) is 1.75. The molecule has 2 rings (SSSR count). The standard InChI is InChI=1S/C14H21FN2O/c1-10-6-7-17(9-14(10)18)13-5-3-4-12(15)11(13)8-16-2/h3-5,10,14,16,18H,6-9H2,1-2H3. The molecule has 1 aromatic rings. The predicted molar refractivity (Wildman–Crippen MR) is 71.2 cm³/mol. The molecule has 0 aliphatic carbocycles. The molecule has 1 heterocycles. The third-order valence-corrected chi connectivity index (χ3v) is 3.71. The van der Waals surface area contributed by atoms with Gasteiger partial charge in [-0.15, -0.1) is 0 Å². The number of piperidine rings is 1. The van der Waals surface area contributed by atoms with Gasteiger partial charge in [-0.1, -0.05) is 13.0 Å². The largest absolute Gasteiger partial charge is 0.391 e. The fraction of sp³-hybridized carbons (Fsp3) is 0.571. The van der Waals surface area contributed by atoms with E-state index in [1.807, 2.05) is 13.1 Å². The summed E-state index contributed by atoms with van der Waals surface area (Å²) in [6, 6.07) is 5.14. The second kappa shape index (κ2) is 5.67. The molecule has 100 valence electrons. The van der Waals surface area contributed by atoms with E-state index in [2.05, 4.69) is 17.1 Å². The van der Waals surface area contributed by atoms with E-state index in [1.165, 1.54) is 6.07 Å². The van der Waals surface area contributed by atoms with E-state index in [4.69, 9.17) is 0 Å². The summed E-state index contributed by atoms with van der Waals surface area (Å²) in [5, 5.41) is 12.9. The Morgan fingerprint density at radius 1 is 1.50 bits per heavy atom. The Hall–Kier alpha value is -1.13. The van der Waals surface area contributed by atoms with Gasteiger partial charge in [-0.05, 0) is 31.5 Å². The number of aliphatic hydroxyl groups is 1. The van der Waals surface area contributed by atoms with E-state index in [0.29, 0.717) is 24.6 Å². The summed E-state index contributed by atoms with van der Waals surface area (Å²) in [5.41, 5.74) is 1.58. The Morgan fingerprint density at radius 2 is 2.28 bits per heavy atom. The molecule has 1 aliphatic heterocycles. The third kappa shape index (κ3) is 2.65. The number of aliphatic hydroxyl groups excluding tert-OH is 1. The molecule has 1 saturated heterocycles. The molecule has 1 fully saturated rings. The summed E-state index contributed by atoms with van der Waals surface area (Å²) in [6.45, 7) is 4.02. The summed E-state index contributed by atoms with van der Waals surface area (Å²) in [5.74, 6) is 0.137. The van der Waals surface area contributed by atoms with Gasteiger partial charge >= 0.3 is 0 Å². The number of β-amino-alcohol motifs (C(OH)–C–C–N with tert-alkyl or cyclic N) is 1. The zero-order valence-electron chi connectivity index (χ0n) is 11.0. The number of anilines is 1. The van der Waals surface area contributed by atoms with Gasteiger partial charge in [0.2, 0.25) is 0 Å². The molecule has 2 unspecified atom stereocenters. The molecule has 1 aromatic carbocycles. The van der Waals surface area contributed by atoms with Crippen molar-refractivity contribution in [2.45, 2.75) is 26.0 Å². The Labute approximate surface area is 108 Å². The van der Waals surface area contributed by atoms with Crippen LogP contribution in [0.1, 0.15) is 18.9 Å². The number of hydrogen-bond acceptors (Lipinski definition) is 3. The monoisotopic (exact) mass is 252 g/mol. The number of halogens is 1. The Morgan fingerprint density at radius 3 is 2.94 bits per heavy atom. The van der Waals surface area contributed by atoms with Crippen molar-refractivity contribution < 1.29 is 9.50 Å². The fourth-order valence-electron chi connectivity index (χ4n) is 2.46. The zero-order valence-corrected chi connectivity index (χ0v) is 11.0. The lowest BCUT2D eigenvalue weighted by Gasteiger charge is -2.36. The summed E-state index contributed by atoms with van der Waals surface area (Å²) in [7, 11) is 1.81. The minimum absolute atomic E-state index is 0.185. The first-order valence-corrected chi connectivity index (χ1v) is 6.48. The number of benzene rings is 1. The van der Waals surface area contributed by atoms with Crippen LogP contribution >= 0.6 is 0 Å². The second-order valence-corrected chi connectivity index (χ2v) is 5.05. The van der Waals surface area contributed by atoms with Gasteiger partial charge in [-0.25, -0.2) is 4.39 Å². The van der Waals surface area contributed by atoms with Crippen molar-refractivity contribution in [3.05, 3.63) is 29.6 Å². The number of hydrogen-bond donors (Lipinski definition) is 2. The quantitative estimate of drug-likeness (QED) is 0.860. The van der Waals surface area contributed by atoms with Crippen molar-refractivity contribution in [3.8, 4) is 0 Å². The average molecular weight is 252 g/mol. The molecular formula is C14H21FN2O. The van der Waals surface area contributed by atoms with Crippen molar-refractivity contribution >= 4 is 5.69 Å². The molecule has 2 atom stereocenters. The maximum Gasteiger partial charge on any atom is 0.129 e. The Balaban J connectivity index is 2.25. The molecule has 0 saturated carbocycles. The van der Waals surface area contributed by atoms with Crippen molar-refractivity contribution in [2.75, 3.05) is 25.0 Å². The van der Waals surface area contributed by atoms with Crippen molar-refractivity contribution in [1.82, 2.24) is 5.32 Å². The number of nitrogens with zero attached hydrogens (tertiary/aromatic N) is 1. The van der Waals surface area contributed by atoms with Crippen LogP contribution in [-0.4, -0.2) is 31.3 Å². The molecule has 0 spiro atoms. The van der Waals surface area contributed by atoms with Crippen molar-refractivity contribution in [1.29, 1.82) is 0 Å².